The third-order valence-electron chi connectivity index (χ3n) is 3.80. The van der Waals surface area contributed by atoms with E-state index in [1.807, 2.05) is 13.1 Å². The lowest BCUT2D eigenvalue weighted by molar-refractivity contribution is 0.100. The third-order valence-corrected chi connectivity index (χ3v) is 3.80. The summed E-state index contributed by atoms with van der Waals surface area (Å²) in [7, 11) is 1.82. The van der Waals surface area contributed by atoms with Gasteiger partial charge in [0.15, 0.2) is 0 Å². The van der Waals surface area contributed by atoms with Crippen molar-refractivity contribution in [2.75, 3.05) is 17.2 Å². The van der Waals surface area contributed by atoms with E-state index in [-0.39, 0.29) is 5.56 Å². The Balaban J connectivity index is 1.72. The SMILES string of the molecule is Cc1cccc(CCNc2nc(Nc3cnn(C)c3)ncc2C(N)=O)c1. The first-order chi connectivity index (χ1) is 12.5. The Morgan fingerprint density at radius 2 is 2.15 bits per heavy atom. The third kappa shape index (κ3) is 4.35. The van der Waals surface area contributed by atoms with Crippen LogP contribution in [-0.4, -0.2) is 32.2 Å². The van der Waals surface area contributed by atoms with Gasteiger partial charge in [-0.05, 0) is 18.9 Å². The van der Waals surface area contributed by atoms with Crippen LogP contribution in [0, 0.1) is 6.92 Å². The fourth-order valence-corrected chi connectivity index (χ4v) is 2.56. The van der Waals surface area contributed by atoms with Gasteiger partial charge in [0.2, 0.25) is 5.95 Å². The fourth-order valence-electron chi connectivity index (χ4n) is 2.56. The molecule has 8 heteroatoms. The summed E-state index contributed by atoms with van der Waals surface area (Å²) in [5.74, 6) is 0.198. The second-order valence-corrected chi connectivity index (χ2v) is 6.01. The molecule has 0 atom stereocenters. The number of nitrogens with zero attached hydrogens (tertiary/aromatic N) is 4. The molecule has 0 saturated carbocycles. The predicted octanol–water partition coefficient (Wildman–Crippen LogP) is 2.02. The molecule has 0 aliphatic heterocycles. The van der Waals surface area contributed by atoms with Crippen LogP contribution in [0.1, 0.15) is 21.5 Å². The lowest BCUT2D eigenvalue weighted by atomic mass is 10.1. The Kier molecular flexibility index (Phi) is 5.12. The van der Waals surface area contributed by atoms with Gasteiger partial charge in [0.1, 0.15) is 5.82 Å². The number of hydrogen-bond donors (Lipinski definition) is 3. The highest BCUT2D eigenvalue weighted by Crippen LogP contribution is 2.17. The van der Waals surface area contributed by atoms with E-state index in [0.717, 1.165) is 12.1 Å². The maximum Gasteiger partial charge on any atom is 0.254 e. The molecule has 3 rings (SSSR count). The van der Waals surface area contributed by atoms with Crippen molar-refractivity contribution in [3.63, 3.8) is 0 Å². The van der Waals surface area contributed by atoms with Crippen molar-refractivity contribution < 1.29 is 4.79 Å². The van der Waals surface area contributed by atoms with E-state index < -0.39 is 5.91 Å². The topological polar surface area (TPSA) is 111 Å². The molecule has 4 N–H and O–H groups in total. The molecule has 26 heavy (non-hydrogen) atoms. The number of nitrogens with two attached hydrogens (primary N) is 1. The van der Waals surface area contributed by atoms with Crippen LogP contribution in [0.3, 0.4) is 0 Å². The van der Waals surface area contributed by atoms with Gasteiger partial charge in [0.25, 0.3) is 5.91 Å². The molecule has 0 unspecified atom stereocenters. The van der Waals surface area contributed by atoms with Gasteiger partial charge in [-0.1, -0.05) is 29.8 Å². The number of nitrogens with one attached hydrogen (secondary N) is 2. The van der Waals surface area contributed by atoms with Crippen LogP contribution >= 0.6 is 0 Å². The molecular formula is C18H21N7O. The highest BCUT2D eigenvalue weighted by Gasteiger charge is 2.12. The molecule has 0 aliphatic carbocycles. The van der Waals surface area contributed by atoms with Gasteiger partial charge in [0, 0.05) is 26.0 Å². The lowest BCUT2D eigenvalue weighted by Crippen LogP contribution is -2.18. The number of carbonyl (C=O) groups excluding carboxylic acids is 1. The Bertz CT molecular complexity index is 919. The highest BCUT2D eigenvalue weighted by molar-refractivity contribution is 5.97. The molecule has 2 heterocycles. The number of amides is 1. The second-order valence-electron chi connectivity index (χ2n) is 6.01. The molecule has 0 aliphatic rings. The molecule has 0 bridgehead atoms. The summed E-state index contributed by atoms with van der Waals surface area (Å²) in [5, 5.41) is 10.3. The van der Waals surface area contributed by atoms with Crippen molar-refractivity contribution in [3.8, 4) is 0 Å². The van der Waals surface area contributed by atoms with Gasteiger partial charge in [-0.3, -0.25) is 9.48 Å². The molecule has 0 radical (unpaired) electrons. The summed E-state index contributed by atoms with van der Waals surface area (Å²) in [6, 6.07) is 8.29. The standard InChI is InChI=1S/C18H21N7O/c1-12-4-3-5-13(8-12)6-7-20-17-15(16(19)26)10-21-18(24-17)23-14-9-22-25(2)11-14/h3-5,8-11H,6-7H2,1-2H3,(H2,19,26)(H2,20,21,23,24). The number of carbonyl (C=O) groups is 1. The average molecular weight is 351 g/mol. The fraction of sp³-hybridized carbons (Fsp3) is 0.222. The normalized spacial score (nSPS) is 10.5. The van der Waals surface area contributed by atoms with Crippen molar-refractivity contribution in [1.29, 1.82) is 0 Å². The lowest BCUT2D eigenvalue weighted by Gasteiger charge is -2.11. The zero-order chi connectivity index (χ0) is 18.5. The van der Waals surface area contributed by atoms with Gasteiger partial charge in [-0.2, -0.15) is 10.1 Å². The smallest absolute Gasteiger partial charge is 0.254 e. The number of benzene rings is 1. The average Bonchev–Trinajstić information content (AvgIpc) is 3.00. The first-order valence-electron chi connectivity index (χ1n) is 8.23. The Morgan fingerprint density at radius 1 is 1.31 bits per heavy atom. The summed E-state index contributed by atoms with van der Waals surface area (Å²) in [6.07, 6.45) is 5.69. The first kappa shape index (κ1) is 17.4. The quantitative estimate of drug-likeness (QED) is 0.600. The van der Waals surface area contributed by atoms with E-state index in [2.05, 4.69) is 50.8 Å². The van der Waals surface area contributed by atoms with Gasteiger partial charge >= 0.3 is 0 Å². The van der Waals surface area contributed by atoms with E-state index in [4.69, 9.17) is 5.73 Å². The van der Waals surface area contributed by atoms with E-state index in [9.17, 15) is 4.79 Å². The van der Waals surface area contributed by atoms with Gasteiger partial charge in [0.05, 0.1) is 17.4 Å². The molecule has 0 saturated heterocycles. The zero-order valence-electron chi connectivity index (χ0n) is 14.7. The van der Waals surface area contributed by atoms with Crippen molar-refractivity contribution in [2.24, 2.45) is 12.8 Å². The number of hydrogen-bond acceptors (Lipinski definition) is 6. The number of rotatable bonds is 7. The predicted molar refractivity (Wildman–Crippen MR) is 100 cm³/mol. The van der Waals surface area contributed by atoms with Crippen molar-refractivity contribution >= 4 is 23.4 Å². The molecule has 8 nitrogen and oxygen atoms in total. The minimum absolute atomic E-state index is 0.256. The van der Waals surface area contributed by atoms with Crippen LogP contribution in [0.2, 0.25) is 0 Å². The van der Waals surface area contributed by atoms with Crippen LogP contribution in [0.25, 0.3) is 0 Å². The monoisotopic (exact) mass is 351 g/mol. The molecule has 1 aromatic carbocycles. The van der Waals surface area contributed by atoms with E-state index in [1.165, 1.54) is 17.3 Å². The van der Waals surface area contributed by atoms with E-state index in [0.29, 0.717) is 18.3 Å². The molecule has 0 spiro atoms. The summed E-state index contributed by atoms with van der Waals surface area (Å²) in [6.45, 7) is 2.68. The van der Waals surface area contributed by atoms with Gasteiger partial charge < -0.3 is 16.4 Å². The van der Waals surface area contributed by atoms with E-state index >= 15 is 0 Å². The van der Waals surface area contributed by atoms with Crippen molar-refractivity contribution in [3.05, 3.63) is 59.5 Å². The number of aryl methyl sites for hydroxylation is 2. The highest BCUT2D eigenvalue weighted by atomic mass is 16.1. The molecule has 134 valence electrons. The number of anilines is 3. The molecule has 0 fully saturated rings. The van der Waals surface area contributed by atoms with Crippen LogP contribution < -0.4 is 16.4 Å². The molecule has 1 amide bonds. The minimum atomic E-state index is -0.573. The molecule has 3 aromatic rings. The van der Waals surface area contributed by atoms with Gasteiger partial charge in [-0.15, -0.1) is 0 Å². The maximum absolute atomic E-state index is 11.6. The summed E-state index contributed by atoms with van der Waals surface area (Å²) >= 11 is 0. The summed E-state index contributed by atoms with van der Waals surface area (Å²) < 4.78 is 1.67. The molecular weight excluding hydrogens is 330 g/mol. The Hall–Kier alpha value is -3.42. The summed E-state index contributed by atoms with van der Waals surface area (Å²) in [5.41, 5.74) is 8.86. The summed E-state index contributed by atoms with van der Waals surface area (Å²) in [4.78, 5) is 20.2. The van der Waals surface area contributed by atoms with Crippen LogP contribution in [0.15, 0.2) is 42.9 Å². The van der Waals surface area contributed by atoms with Crippen molar-refractivity contribution in [1.82, 2.24) is 19.7 Å². The Morgan fingerprint density at radius 3 is 2.85 bits per heavy atom. The van der Waals surface area contributed by atoms with Crippen LogP contribution in [-0.2, 0) is 13.5 Å². The van der Waals surface area contributed by atoms with E-state index in [1.54, 1.807) is 17.1 Å². The largest absolute Gasteiger partial charge is 0.369 e. The maximum atomic E-state index is 11.6. The second kappa shape index (κ2) is 7.64. The van der Waals surface area contributed by atoms with Crippen LogP contribution in [0.5, 0.6) is 0 Å². The number of aromatic nitrogens is 4. The molecule has 2 aromatic heterocycles. The van der Waals surface area contributed by atoms with Gasteiger partial charge in [-0.25, -0.2) is 4.98 Å². The van der Waals surface area contributed by atoms with Crippen molar-refractivity contribution in [2.45, 2.75) is 13.3 Å². The first-order valence-corrected chi connectivity index (χ1v) is 8.23. The Labute approximate surface area is 151 Å². The van der Waals surface area contributed by atoms with Crippen LogP contribution in [0.4, 0.5) is 17.5 Å². The zero-order valence-corrected chi connectivity index (χ0v) is 14.7. The number of primary amides is 1. The minimum Gasteiger partial charge on any atom is -0.369 e.